The van der Waals surface area contributed by atoms with Crippen LogP contribution < -0.4 is 0 Å². The monoisotopic (exact) mass is 304 g/mol. The molecule has 2 rings (SSSR count). The Morgan fingerprint density at radius 2 is 1.67 bits per heavy atom. The van der Waals surface area contributed by atoms with Crippen molar-refractivity contribution in [1.82, 2.24) is 0 Å². The van der Waals surface area contributed by atoms with Crippen molar-refractivity contribution in [2.75, 3.05) is 0 Å². The van der Waals surface area contributed by atoms with Crippen molar-refractivity contribution in [1.29, 1.82) is 0 Å². The van der Waals surface area contributed by atoms with Crippen LogP contribution in [0.2, 0.25) is 5.02 Å². The third kappa shape index (κ3) is 4.07. The van der Waals surface area contributed by atoms with Gasteiger partial charge in [-0.15, -0.1) is 0 Å². The molecule has 1 unspecified atom stereocenters. The lowest BCUT2D eigenvalue weighted by Crippen LogP contribution is -2.18. The van der Waals surface area contributed by atoms with Crippen LogP contribution in [0.5, 0.6) is 0 Å². The number of halogens is 2. The highest BCUT2D eigenvalue weighted by molar-refractivity contribution is 6.31. The quantitative estimate of drug-likeness (QED) is 0.604. The maximum atomic E-state index is 13.0. The van der Waals surface area contributed by atoms with Gasteiger partial charge in [-0.3, -0.25) is 0 Å². The first-order valence-corrected chi connectivity index (χ1v) is 7.78. The van der Waals surface area contributed by atoms with Gasteiger partial charge in [-0.25, -0.2) is 4.39 Å². The Bertz CT molecular complexity index is 587. The molecular weight excluding hydrogens is 283 g/mol. The van der Waals surface area contributed by atoms with E-state index in [9.17, 15) is 4.39 Å². The third-order valence-corrected chi connectivity index (χ3v) is 4.61. The largest absolute Gasteiger partial charge is 0.207 e. The van der Waals surface area contributed by atoms with E-state index < -0.39 is 0 Å². The predicted molar refractivity (Wildman–Crippen MR) is 88.5 cm³/mol. The van der Waals surface area contributed by atoms with Crippen LogP contribution in [0.15, 0.2) is 48.5 Å². The Balaban J connectivity index is 2.04. The molecule has 0 aliphatic carbocycles. The molecule has 1 atom stereocenters. The van der Waals surface area contributed by atoms with E-state index in [1.807, 2.05) is 30.3 Å². The Kier molecular flexibility index (Phi) is 5.05. The second kappa shape index (κ2) is 6.62. The van der Waals surface area contributed by atoms with Crippen molar-refractivity contribution in [3.8, 4) is 0 Å². The highest BCUT2D eigenvalue weighted by atomic mass is 35.5. The van der Waals surface area contributed by atoms with E-state index in [1.54, 1.807) is 0 Å². The second-order valence-corrected chi connectivity index (χ2v) is 6.76. The molecule has 0 heterocycles. The molecule has 0 amide bonds. The molecule has 0 nitrogen and oxygen atoms in total. The molecule has 0 fully saturated rings. The number of rotatable bonds is 5. The summed E-state index contributed by atoms with van der Waals surface area (Å²) in [4.78, 5) is 0. The van der Waals surface area contributed by atoms with E-state index in [4.69, 9.17) is 11.6 Å². The minimum Gasteiger partial charge on any atom is -0.207 e. The molecule has 0 radical (unpaired) electrons. The molecule has 0 saturated carbocycles. The minimum atomic E-state index is -0.181. The van der Waals surface area contributed by atoms with Gasteiger partial charge in [0.2, 0.25) is 0 Å². The lowest BCUT2D eigenvalue weighted by Gasteiger charge is -2.27. The molecule has 0 saturated heterocycles. The van der Waals surface area contributed by atoms with Crippen LogP contribution in [0.1, 0.15) is 50.7 Å². The summed E-state index contributed by atoms with van der Waals surface area (Å²) in [5, 5.41) is 0.838. The van der Waals surface area contributed by atoms with Crippen LogP contribution in [0.3, 0.4) is 0 Å². The molecule has 0 N–H and O–H groups in total. The van der Waals surface area contributed by atoms with Crippen molar-refractivity contribution in [3.63, 3.8) is 0 Å². The Labute approximate surface area is 132 Å². The summed E-state index contributed by atoms with van der Waals surface area (Å²) in [7, 11) is 0. The zero-order valence-corrected chi connectivity index (χ0v) is 13.6. The normalized spacial score (nSPS) is 13.2. The average molecular weight is 305 g/mol. The average Bonchev–Trinajstić information content (AvgIpc) is 2.46. The van der Waals surface area contributed by atoms with E-state index in [0.717, 1.165) is 17.9 Å². The molecule has 2 heteroatoms. The Hall–Kier alpha value is -1.34. The van der Waals surface area contributed by atoms with Gasteiger partial charge in [-0.1, -0.05) is 62.7 Å². The minimum absolute atomic E-state index is 0.0310. The van der Waals surface area contributed by atoms with Gasteiger partial charge < -0.3 is 0 Å². The first kappa shape index (κ1) is 16.0. The van der Waals surface area contributed by atoms with E-state index in [2.05, 4.69) is 26.8 Å². The lowest BCUT2D eigenvalue weighted by molar-refractivity contribution is 0.439. The summed E-state index contributed by atoms with van der Waals surface area (Å²) >= 11 is 6.26. The number of hydrogen-bond acceptors (Lipinski definition) is 0. The van der Waals surface area contributed by atoms with E-state index in [-0.39, 0.29) is 11.2 Å². The van der Waals surface area contributed by atoms with Crippen LogP contribution in [0, 0.1) is 5.82 Å². The zero-order chi connectivity index (χ0) is 15.5. The molecule has 0 aliphatic rings. The molecular formula is C19H22ClF. The molecule has 0 aromatic heterocycles. The molecule has 112 valence electrons. The maximum absolute atomic E-state index is 13.0. The summed E-state index contributed by atoms with van der Waals surface area (Å²) in [5.74, 6) is 0.234. The smallest absolute Gasteiger partial charge is 0.123 e. The van der Waals surface area contributed by atoms with E-state index in [0.29, 0.717) is 5.92 Å². The molecule has 2 aromatic carbocycles. The Morgan fingerprint density at radius 1 is 1.05 bits per heavy atom. The summed E-state index contributed by atoms with van der Waals surface area (Å²) in [6.07, 6.45) is 2.08. The topological polar surface area (TPSA) is 0 Å². The molecule has 0 bridgehead atoms. The van der Waals surface area contributed by atoms with Gasteiger partial charge in [0.1, 0.15) is 5.82 Å². The van der Waals surface area contributed by atoms with Gasteiger partial charge in [0, 0.05) is 5.02 Å². The Morgan fingerprint density at radius 3 is 2.29 bits per heavy atom. The van der Waals surface area contributed by atoms with Crippen molar-refractivity contribution in [2.24, 2.45) is 0 Å². The fraction of sp³-hybridized carbons (Fsp3) is 0.368. The number of hydrogen-bond donors (Lipinski definition) is 0. The zero-order valence-electron chi connectivity index (χ0n) is 12.9. The van der Waals surface area contributed by atoms with Crippen molar-refractivity contribution < 1.29 is 4.39 Å². The summed E-state index contributed by atoms with van der Waals surface area (Å²) in [5.41, 5.74) is 2.41. The second-order valence-electron chi connectivity index (χ2n) is 6.35. The van der Waals surface area contributed by atoms with E-state index >= 15 is 0 Å². The fourth-order valence-electron chi connectivity index (χ4n) is 2.65. The van der Waals surface area contributed by atoms with Crippen LogP contribution in [0.4, 0.5) is 4.39 Å². The van der Waals surface area contributed by atoms with Gasteiger partial charge in [0.05, 0.1) is 0 Å². The summed E-state index contributed by atoms with van der Waals surface area (Å²) < 4.78 is 13.0. The van der Waals surface area contributed by atoms with Crippen molar-refractivity contribution >= 4 is 11.6 Å². The van der Waals surface area contributed by atoms with Gasteiger partial charge in [-0.05, 0) is 53.5 Å². The van der Waals surface area contributed by atoms with Crippen LogP contribution in [-0.4, -0.2) is 0 Å². The summed E-state index contributed by atoms with van der Waals surface area (Å²) in [6, 6.07) is 14.9. The van der Waals surface area contributed by atoms with Crippen LogP contribution in [-0.2, 0) is 5.41 Å². The first-order valence-electron chi connectivity index (χ1n) is 7.40. The predicted octanol–water partition coefficient (Wildman–Crippen LogP) is 6.34. The number of benzene rings is 2. The molecule has 21 heavy (non-hydrogen) atoms. The van der Waals surface area contributed by atoms with Crippen molar-refractivity contribution in [2.45, 2.75) is 44.9 Å². The van der Waals surface area contributed by atoms with Gasteiger partial charge in [0.15, 0.2) is 0 Å². The first-order chi connectivity index (χ1) is 9.90. The van der Waals surface area contributed by atoms with Gasteiger partial charge in [0.25, 0.3) is 0 Å². The maximum Gasteiger partial charge on any atom is 0.123 e. The van der Waals surface area contributed by atoms with Gasteiger partial charge in [-0.2, -0.15) is 0 Å². The SMILES string of the molecule is CC(CCC(C)(C)c1ccc(F)cc1)c1ccccc1Cl. The molecule has 0 aliphatic heterocycles. The lowest BCUT2D eigenvalue weighted by atomic mass is 9.78. The molecule has 0 spiro atoms. The van der Waals surface area contributed by atoms with Crippen LogP contribution >= 0.6 is 11.6 Å². The van der Waals surface area contributed by atoms with Crippen LogP contribution in [0.25, 0.3) is 0 Å². The van der Waals surface area contributed by atoms with Crippen molar-refractivity contribution in [3.05, 3.63) is 70.5 Å². The molecule has 2 aromatic rings. The standard InChI is InChI=1S/C19H22ClF/c1-14(17-6-4-5-7-18(17)20)12-13-19(2,3)15-8-10-16(21)11-9-15/h4-11,14H,12-13H2,1-3H3. The van der Waals surface area contributed by atoms with E-state index in [1.165, 1.54) is 23.3 Å². The van der Waals surface area contributed by atoms with Gasteiger partial charge >= 0.3 is 0 Å². The highest BCUT2D eigenvalue weighted by Gasteiger charge is 2.22. The summed E-state index contributed by atoms with van der Waals surface area (Å²) in [6.45, 7) is 6.63. The third-order valence-electron chi connectivity index (χ3n) is 4.26. The highest BCUT2D eigenvalue weighted by Crippen LogP contribution is 2.34. The fourth-order valence-corrected chi connectivity index (χ4v) is 2.98.